The Morgan fingerprint density at radius 3 is 2.29 bits per heavy atom. The summed E-state index contributed by atoms with van der Waals surface area (Å²) in [6.45, 7) is 9.23. The average molecular weight is 336 g/mol. The zero-order valence-electron chi connectivity index (χ0n) is 10.9. The summed E-state index contributed by atoms with van der Waals surface area (Å²) in [6, 6.07) is 0. The summed E-state index contributed by atoms with van der Waals surface area (Å²) in [5.41, 5.74) is 0.354. The minimum atomic E-state index is -1.11. The van der Waals surface area contributed by atoms with Crippen LogP contribution < -0.4 is 0 Å². The van der Waals surface area contributed by atoms with Crippen molar-refractivity contribution in [1.29, 1.82) is 0 Å². The van der Waals surface area contributed by atoms with Crippen molar-refractivity contribution >= 4 is 58.3 Å². The highest BCUT2D eigenvalue weighted by Crippen LogP contribution is 2.53. The lowest BCUT2D eigenvalue weighted by Crippen LogP contribution is -2.34. The Bertz CT molecular complexity index is 257. The van der Waals surface area contributed by atoms with Crippen LogP contribution in [0.5, 0.6) is 0 Å². The van der Waals surface area contributed by atoms with Crippen LogP contribution in [0.25, 0.3) is 0 Å². The molecule has 1 saturated heterocycles. The second kappa shape index (κ2) is 5.91. The van der Waals surface area contributed by atoms with E-state index < -0.39 is 3.79 Å². The molecule has 5 heteroatoms. The second-order valence-corrected chi connectivity index (χ2v) is 11.9. The van der Waals surface area contributed by atoms with E-state index >= 15 is 0 Å². The van der Waals surface area contributed by atoms with Crippen LogP contribution in [-0.4, -0.2) is 18.9 Å². The predicted octanol–water partition coefficient (Wildman–Crippen LogP) is 6.14. The third-order valence-electron chi connectivity index (χ3n) is 3.01. The number of thioether (sulfide) groups is 2. The molecule has 0 aromatic heterocycles. The van der Waals surface area contributed by atoms with Gasteiger partial charge in [-0.1, -0.05) is 55.6 Å². The van der Waals surface area contributed by atoms with Crippen LogP contribution in [0.15, 0.2) is 0 Å². The third-order valence-corrected chi connectivity index (χ3v) is 7.40. The molecule has 0 aromatic carbocycles. The van der Waals surface area contributed by atoms with Gasteiger partial charge in [0.25, 0.3) is 0 Å². The van der Waals surface area contributed by atoms with Crippen molar-refractivity contribution in [2.24, 2.45) is 5.41 Å². The maximum atomic E-state index is 5.85. The van der Waals surface area contributed by atoms with Crippen molar-refractivity contribution in [3.05, 3.63) is 0 Å². The van der Waals surface area contributed by atoms with E-state index in [1.807, 2.05) is 11.8 Å². The molecule has 102 valence electrons. The SMILES string of the molecule is CC(C)(C)C1CCS[C@](C)(CCC(Cl)(Cl)Cl)S1. The fourth-order valence-electron chi connectivity index (χ4n) is 1.89. The van der Waals surface area contributed by atoms with E-state index in [1.165, 1.54) is 12.2 Å². The number of rotatable bonds is 2. The van der Waals surface area contributed by atoms with Crippen molar-refractivity contribution in [2.45, 2.75) is 60.1 Å². The van der Waals surface area contributed by atoms with Gasteiger partial charge >= 0.3 is 0 Å². The Balaban J connectivity index is 2.58. The highest BCUT2D eigenvalue weighted by Gasteiger charge is 2.39. The molecule has 0 aliphatic carbocycles. The molecule has 1 unspecified atom stereocenters. The minimum Gasteiger partial charge on any atom is -0.144 e. The first-order chi connectivity index (χ1) is 7.52. The molecule has 0 spiro atoms. The van der Waals surface area contributed by atoms with Gasteiger partial charge in [-0.05, 0) is 37.4 Å². The van der Waals surface area contributed by atoms with E-state index in [-0.39, 0.29) is 4.08 Å². The van der Waals surface area contributed by atoms with Gasteiger partial charge in [-0.25, -0.2) is 0 Å². The molecule has 1 aliphatic heterocycles. The lowest BCUT2D eigenvalue weighted by molar-refractivity contribution is 0.385. The van der Waals surface area contributed by atoms with E-state index in [0.29, 0.717) is 17.1 Å². The molecule has 0 amide bonds. The summed E-state index contributed by atoms with van der Waals surface area (Å²) >= 11 is 21.6. The monoisotopic (exact) mass is 334 g/mol. The number of hydrogen-bond donors (Lipinski definition) is 0. The summed E-state index contributed by atoms with van der Waals surface area (Å²) in [5, 5.41) is 0.698. The van der Waals surface area contributed by atoms with Gasteiger partial charge < -0.3 is 0 Å². The summed E-state index contributed by atoms with van der Waals surface area (Å²) in [5.74, 6) is 1.21. The third kappa shape index (κ3) is 6.03. The molecule has 1 heterocycles. The van der Waals surface area contributed by atoms with Gasteiger partial charge in [0, 0.05) is 5.25 Å². The van der Waals surface area contributed by atoms with Crippen molar-refractivity contribution in [1.82, 2.24) is 0 Å². The van der Waals surface area contributed by atoms with Crippen molar-refractivity contribution in [2.75, 3.05) is 5.75 Å². The van der Waals surface area contributed by atoms with E-state index in [1.54, 1.807) is 0 Å². The van der Waals surface area contributed by atoms with Crippen molar-refractivity contribution < 1.29 is 0 Å². The summed E-state index contributed by atoms with van der Waals surface area (Å²) in [6.07, 6.45) is 2.86. The molecule has 17 heavy (non-hydrogen) atoms. The fraction of sp³-hybridized carbons (Fsp3) is 1.00. The molecular formula is C12H21Cl3S2. The van der Waals surface area contributed by atoms with Crippen molar-refractivity contribution in [3.63, 3.8) is 0 Å². The number of alkyl halides is 3. The molecule has 1 rings (SSSR count). The number of hydrogen-bond acceptors (Lipinski definition) is 2. The molecule has 0 N–H and O–H groups in total. The predicted molar refractivity (Wildman–Crippen MR) is 85.8 cm³/mol. The first-order valence-electron chi connectivity index (χ1n) is 5.90. The molecule has 0 radical (unpaired) electrons. The van der Waals surface area contributed by atoms with E-state index in [0.717, 1.165) is 6.42 Å². The van der Waals surface area contributed by atoms with Crippen LogP contribution in [0.3, 0.4) is 0 Å². The van der Waals surface area contributed by atoms with Gasteiger partial charge in [-0.15, -0.1) is 23.5 Å². The largest absolute Gasteiger partial charge is 0.190 e. The van der Waals surface area contributed by atoms with Crippen LogP contribution in [0, 0.1) is 5.41 Å². The Hall–Kier alpha value is 1.57. The van der Waals surface area contributed by atoms with Gasteiger partial charge in [-0.2, -0.15) is 0 Å². The maximum absolute atomic E-state index is 5.85. The second-order valence-electron chi connectivity index (χ2n) is 5.86. The standard InChI is InChI=1S/C12H21Cl3S2/c1-10(2,3)9-5-8-16-11(4,17-9)6-7-12(13,14)15/h9H,5-8H2,1-4H3/t9?,11-/m0/s1. The fourth-order valence-corrected chi connectivity index (χ4v) is 5.63. The van der Waals surface area contributed by atoms with Gasteiger partial charge in [0.2, 0.25) is 0 Å². The van der Waals surface area contributed by atoms with E-state index in [9.17, 15) is 0 Å². The molecular weight excluding hydrogens is 315 g/mol. The van der Waals surface area contributed by atoms with Gasteiger partial charge in [-0.3, -0.25) is 0 Å². The molecule has 0 aromatic rings. The molecule has 1 fully saturated rings. The lowest BCUT2D eigenvalue weighted by Gasteiger charge is -2.43. The Morgan fingerprint density at radius 2 is 1.82 bits per heavy atom. The van der Waals surface area contributed by atoms with Crippen LogP contribution in [0.1, 0.15) is 47.0 Å². The molecule has 0 nitrogen and oxygen atoms in total. The maximum Gasteiger partial charge on any atom is 0.190 e. The number of halogens is 3. The van der Waals surface area contributed by atoms with Crippen LogP contribution in [0.2, 0.25) is 0 Å². The van der Waals surface area contributed by atoms with Crippen LogP contribution in [-0.2, 0) is 0 Å². The van der Waals surface area contributed by atoms with E-state index in [2.05, 4.69) is 39.5 Å². The highest BCUT2D eigenvalue weighted by molar-refractivity contribution is 8.19. The summed E-state index contributed by atoms with van der Waals surface area (Å²) in [4.78, 5) is 0. The van der Waals surface area contributed by atoms with Crippen LogP contribution >= 0.6 is 58.3 Å². The van der Waals surface area contributed by atoms with Crippen molar-refractivity contribution in [3.8, 4) is 0 Å². The summed E-state index contributed by atoms with van der Waals surface area (Å²) < 4.78 is -0.918. The molecule has 0 bridgehead atoms. The average Bonchev–Trinajstić information content (AvgIpc) is 2.13. The topological polar surface area (TPSA) is 0 Å². The first-order valence-corrected chi connectivity index (χ1v) is 8.90. The zero-order valence-corrected chi connectivity index (χ0v) is 14.8. The Kier molecular flexibility index (Phi) is 5.78. The summed E-state index contributed by atoms with van der Waals surface area (Å²) in [7, 11) is 0. The normalized spacial score (nSPS) is 31.6. The smallest absolute Gasteiger partial charge is 0.144 e. The van der Waals surface area contributed by atoms with E-state index in [4.69, 9.17) is 34.8 Å². The molecule has 1 aliphatic rings. The first kappa shape index (κ1) is 16.6. The van der Waals surface area contributed by atoms with Gasteiger partial charge in [0.15, 0.2) is 3.79 Å². The van der Waals surface area contributed by atoms with Crippen LogP contribution in [0.4, 0.5) is 0 Å². The molecule has 2 atom stereocenters. The Morgan fingerprint density at radius 1 is 1.24 bits per heavy atom. The van der Waals surface area contributed by atoms with Gasteiger partial charge in [0.05, 0.1) is 4.08 Å². The highest BCUT2D eigenvalue weighted by atomic mass is 35.6. The quantitative estimate of drug-likeness (QED) is 0.556. The molecule has 0 saturated carbocycles. The van der Waals surface area contributed by atoms with Gasteiger partial charge in [0.1, 0.15) is 0 Å². The minimum absolute atomic E-state index is 0.195. The lowest BCUT2D eigenvalue weighted by atomic mass is 9.90. The Labute approximate surface area is 129 Å². The zero-order chi connectivity index (χ0) is 13.3.